The van der Waals surface area contributed by atoms with Crippen LogP contribution in [0, 0.1) is 5.92 Å². The molecule has 1 aromatic carbocycles. The van der Waals surface area contributed by atoms with Gasteiger partial charge in [-0.25, -0.2) is 0 Å². The maximum atomic E-state index is 12.4. The number of Topliss-reactive ketones (excluding diaryl/α,β-unsaturated/α-hetero) is 1. The van der Waals surface area contributed by atoms with E-state index in [9.17, 15) is 9.59 Å². The largest absolute Gasteiger partial charge is 0.494 e. The van der Waals surface area contributed by atoms with E-state index in [-0.39, 0.29) is 30.6 Å². The Balaban J connectivity index is 1.45. The molecule has 2 atom stereocenters. The van der Waals surface area contributed by atoms with Crippen molar-refractivity contribution in [2.24, 2.45) is 5.92 Å². The fraction of sp³-hybridized carbons (Fsp3) is 0.636. The van der Waals surface area contributed by atoms with Gasteiger partial charge in [0.05, 0.1) is 26.4 Å². The van der Waals surface area contributed by atoms with E-state index in [1.54, 1.807) is 24.3 Å². The lowest BCUT2D eigenvalue weighted by atomic mass is 9.96. The summed E-state index contributed by atoms with van der Waals surface area (Å²) in [5.74, 6) is 1.06. The summed E-state index contributed by atoms with van der Waals surface area (Å²) in [5.41, 5.74) is 0.607. The van der Waals surface area contributed by atoms with E-state index in [4.69, 9.17) is 14.2 Å². The fourth-order valence-electron chi connectivity index (χ4n) is 3.94. The first-order valence-corrected chi connectivity index (χ1v) is 10.6. The third kappa shape index (κ3) is 6.52. The molecule has 160 valence electrons. The highest BCUT2D eigenvalue weighted by Gasteiger charge is 2.31. The standard InChI is InChI=1S/C22H32N2O5/c1-2-29-19-5-3-17(4-6-19)21(25)7-8-22(26)23-15-20(18-9-12-28-16-18)24-10-13-27-14-11-24/h3-6,18,20H,2,7-16H2,1H3,(H,23,26). The Kier molecular flexibility index (Phi) is 8.46. The molecule has 0 radical (unpaired) electrons. The molecule has 1 N–H and O–H groups in total. The Morgan fingerprint density at radius 3 is 2.55 bits per heavy atom. The maximum Gasteiger partial charge on any atom is 0.220 e. The molecule has 0 aliphatic carbocycles. The van der Waals surface area contributed by atoms with Gasteiger partial charge in [-0.1, -0.05) is 0 Å². The minimum Gasteiger partial charge on any atom is -0.494 e. The Hall–Kier alpha value is -1.96. The number of morpholine rings is 1. The summed E-state index contributed by atoms with van der Waals surface area (Å²) < 4.78 is 16.4. The lowest BCUT2D eigenvalue weighted by Gasteiger charge is -2.37. The molecule has 0 spiro atoms. The van der Waals surface area contributed by atoms with Crippen molar-refractivity contribution >= 4 is 11.7 Å². The topological polar surface area (TPSA) is 77.1 Å². The zero-order valence-corrected chi connectivity index (χ0v) is 17.2. The number of carbonyl (C=O) groups is 2. The molecule has 0 bridgehead atoms. The van der Waals surface area contributed by atoms with E-state index < -0.39 is 0 Å². The van der Waals surface area contributed by atoms with Gasteiger partial charge in [-0.15, -0.1) is 0 Å². The Morgan fingerprint density at radius 1 is 1.14 bits per heavy atom. The highest BCUT2D eigenvalue weighted by atomic mass is 16.5. The zero-order valence-electron chi connectivity index (χ0n) is 17.2. The van der Waals surface area contributed by atoms with Crippen molar-refractivity contribution in [3.05, 3.63) is 29.8 Å². The van der Waals surface area contributed by atoms with Crippen LogP contribution in [-0.2, 0) is 14.3 Å². The molecule has 3 rings (SSSR count). The molecule has 0 saturated carbocycles. The van der Waals surface area contributed by atoms with Gasteiger partial charge in [-0.3, -0.25) is 14.5 Å². The summed E-state index contributed by atoms with van der Waals surface area (Å²) in [5, 5.41) is 3.04. The molecule has 2 aliphatic heterocycles. The normalized spacial score (nSPS) is 20.9. The summed E-state index contributed by atoms with van der Waals surface area (Å²) in [4.78, 5) is 27.1. The smallest absolute Gasteiger partial charge is 0.220 e. The van der Waals surface area contributed by atoms with Crippen molar-refractivity contribution in [2.75, 3.05) is 52.7 Å². The van der Waals surface area contributed by atoms with Gasteiger partial charge in [-0.2, -0.15) is 0 Å². The number of amides is 1. The van der Waals surface area contributed by atoms with Crippen molar-refractivity contribution in [2.45, 2.75) is 32.2 Å². The highest BCUT2D eigenvalue weighted by molar-refractivity contribution is 5.98. The number of hydrogen-bond donors (Lipinski definition) is 1. The maximum absolute atomic E-state index is 12.4. The van der Waals surface area contributed by atoms with E-state index in [1.165, 1.54) is 0 Å². The highest BCUT2D eigenvalue weighted by Crippen LogP contribution is 2.22. The Labute approximate surface area is 172 Å². The zero-order chi connectivity index (χ0) is 20.5. The number of rotatable bonds is 10. The van der Waals surface area contributed by atoms with Crippen LogP contribution in [0.15, 0.2) is 24.3 Å². The van der Waals surface area contributed by atoms with Crippen LogP contribution in [0.3, 0.4) is 0 Å². The molecule has 1 amide bonds. The Bertz CT molecular complexity index is 652. The molecule has 2 saturated heterocycles. The van der Waals surface area contributed by atoms with Gasteiger partial charge in [0, 0.05) is 56.6 Å². The minimum atomic E-state index is -0.0820. The molecular weight excluding hydrogens is 372 g/mol. The molecule has 2 unspecified atom stereocenters. The molecule has 2 aliphatic rings. The van der Waals surface area contributed by atoms with Crippen LogP contribution >= 0.6 is 0 Å². The molecule has 2 heterocycles. The van der Waals surface area contributed by atoms with Crippen molar-refractivity contribution in [1.82, 2.24) is 10.2 Å². The van der Waals surface area contributed by atoms with Gasteiger partial charge in [0.2, 0.25) is 5.91 Å². The van der Waals surface area contributed by atoms with Crippen LogP contribution in [0.25, 0.3) is 0 Å². The second kappa shape index (κ2) is 11.3. The average Bonchev–Trinajstić information content (AvgIpc) is 3.28. The number of nitrogens with zero attached hydrogens (tertiary/aromatic N) is 1. The summed E-state index contributed by atoms with van der Waals surface area (Å²) in [6.45, 7) is 7.85. The molecule has 2 fully saturated rings. The average molecular weight is 405 g/mol. The van der Waals surface area contributed by atoms with E-state index in [2.05, 4.69) is 10.2 Å². The van der Waals surface area contributed by atoms with Gasteiger partial charge >= 0.3 is 0 Å². The van der Waals surface area contributed by atoms with Crippen molar-refractivity contribution in [3.63, 3.8) is 0 Å². The molecule has 0 aromatic heterocycles. The summed E-state index contributed by atoms with van der Waals surface area (Å²) in [6.07, 6.45) is 1.42. The number of hydrogen-bond acceptors (Lipinski definition) is 6. The van der Waals surface area contributed by atoms with Crippen LogP contribution in [0.4, 0.5) is 0 Å². The third-order valence-electron chi connectivity index (χ3n) is 5.60. The van der Waals surface area contributed by atoms with Crippen LogP contribution in [0.1, 0.15) is 36.5 Å². The lowest BCUT2D eigenvalue weighted by Crippen LogP contribution is -2.52. The van der Waals surface area contributed by atoms with Gasteiger partial charge < -0.3 is 19.5 Å². The first-order chi connectivity index (χ1) is 14.2. The van der Waals surface area contributed by atoms with Crippen molar-refractivity contribution in [3.8, 4) is 5.75 Å². The second-order valence-electron chi connectivity index (χ2n) is 7.52. The predicted octanol–water partition coefficient (Wildman–Crippen LogP) is 1.90. The lowest BCUT2D eigenvalue weighted by molar-refractivity contribution is -0.121. The van der Waals surface area contributed by atoms with E-state index in [1.807, 2.05) is 6.92 Å². The minimum absolute atomic E-state index is 0.0304. The summed E-state index contributed by atoms with van der Waals surface area (Å²) in [6, 6.07) is 7.33. The van der Waals surface area contributed by atoms with Gasteiger partial charge in [-0.05, 0) is 37.6 Å². The summed E-state index contributed by atoms with van der Waals surface area (Å²) >= 11 is 0. The SMILES string of the molecule is CCOc1ccc(C(=O)CCC(=O)NCC(C2CCOC2)N2CCOCC2)cc1. The van der Waals surface area contributed by atoms with Crippen molar-refractivity contribution in [1.29, 1.82) is 0 Å². The summed E-state index contributed by atoms with van der Waals surface area (Å²) in [7, 11) is 0. The molecular formula is C22H32N2O5. The number of ketones is 1. The fourth-order valence-corrected chi connectivity index (χ4v) is 3.94. The van der Waals surface area contributed by atoms with Gasteiger partial charge in [0.1, 0.15) is 5.75 Å². The molecule has 29 heavy (non-hydrogen) atoms. The first kappa shape index (κ1) is 21.7. The van der Waals surface area contributed by atoms with E-state index in [0.717, 1.165) is 51.7 Å². The van der Waals surface area contributed by atoms with Crippen LogP contribution < -0.4 is 10.1 Å². The number of benzene rings is 1. The molecule has 7 nitrogen and oxygen atoms in total. The van der Waals surface area contributed by atoms with Crippen LogP contribution in [0.2, 0.25) is 0 Å². The van der Waals surface area contributed by atoms with E-state index >= 15 is 0 Å². The molecule has 7 heteroatoms. The van der Waals surface area contributed by atoms with Crippen molar-refractivity contribution < 1.29 is 23.8 Å². The quantitative estimate of drug-likeness (QED) is 0.600. The predicted molar refractivity (Wildman–Crippen MR) is 109 cm³/mol. The molecule has 1 aromatic rings. The van der Waals surface area contributed by atoms with Crippen LogP contribution in [0.5, 0.6) is 5.75 Å². The first-order valence-electron chi connectivity index (χ1n) is 10.6. The monoisotopic (exact) mass is 404 g/mol. The van der Waals surface area contributed by atoms with E-state index in [0.29, 0.717) is 24.6 Å². The number of nitrogens with one attached hydrogen (secondary N) is 1. The van der Waals surface area contributed by atoms with Gasteiger partial charge in [0.15, 0.2) is 5.78 Å². The van der Waals surface area contributed by atoms with Crippen LogP contribution in [-0.4, -0.2) is 75.3 Å². The number of carbonyl (C=O) groups excluding carboxylic acids is 2. The van der Waals surface area contributed by atoms with Gasteiger partial charge in [0.25, 0.3) is 0 Å². The third-order valence-corrected chi connectivity index (χ3v) is 5.60. The second-order valence-corrected chi connectivity index (χ2v) is 7.52. The number of ether oxygens (including phenoxy) is 3. The Morgan fingerprint density at radius 2 is 1.90 bits per heavy atom.